The van der Waals surface area contributed by atoms with Crippen LogP contribution in [0.5, 0.6) is 0 Å². The third-order valence-corrected chi connectivity index (χ3v) is 1.60. The van der Waals surface area contributed by atoms with E-state index in [0.717, 1.165) is 5.56 Å². The number of rotatable bonds is 3. The average molecular weight is 205 g/mol. The van der Waals surface area contributed by atoms with Gasteiger partial charge in [0.05, 0.1) is 6.61 Å². The number of nitrogens with two attached hydrogens (primary N) is 1. The fourth-order valence-electron chi connectivity index (χ4n) is 0.947. The van der Waals surface area contributed by atoms with Crippen molar-refractivity contribution < 1.29 is 9.84 Å². The van der Waals surface area contributed by atoms with Crippen LogP contribution < -0.4 is 10.5 Å². The zero-order valence-corrected chi connectivity index (χ0v) is 7.91. The van der Waals surface area contributed by atoms with E-state index in [0.29, 0.717) is 11.2 Å². The summed E-state index contributed by atoms with van der Waals surface area (Å²) >= 11 is 0. The van der Waals surface area contributed by atoms with Crippen molar-refractivity contribution in [2.75, 3.05) is 6.61 Å². The SMILES string of the molecule is Cl.N[C@@H](CO)Cc1cc[n+]([O-])cc1. The van der Waals surface area contributed by atoms with Crippen molar-refractivity contribution in [2.24, 2.45) is 5.73 Å². The number of hydrogen-bond donors (Lipinski definition) is 2. The largest absolute Gasteiger partial charge is 0.619 e. The van der Waals surface area contributed by atoms with Crippen molar-refractivity contribution >= 4 is 12.4 Å². The molecule has 5 heteroatoms. The molecule has 0 bridgehead atoms. The molecule has 0 amide bonds. The molecular formula is C8H13ClN2O2. The maximum Gasteiger partial charge on any atom is 0.180 e. The van der Waals surface area contributed by atoms with Gasteiger partial charge in [-0.05, 0) is 12.0 Å². The number of hydrogen-bond acceptors (Lipinski definition) is 3. The van der Waals surface area contributed by atoms with Gasteiger partial charge in [-0.15, -0.1) is 12.4 Å². The standard InChI is InChI=1S/C8H12N2O2.ClH/c9-8(6-11)5-7-1-3-10(12)4-2-7;/h1-4,8,11H,5-6,9H2;1H/t8-;/m1./s1. The highest BCUT2D eigenvalue weighted by molar-refractivity contribution is 5.85. The summed E-state index contributed by atoms with van der Waals surface area (Å²) in [7, 11) is 0. The van der Waals surface area contributed by atoms with Crippen molar-refractivity contribution in [2.45, 2.75) is 12.5 Å². The molecule has 13 heavy (non-hydrogen) atoms. The second-order valence-corrected chi connectivity index (χ2v) is 2.71. The third-order valence-electron chi connectivity index (χ3n) is 1.60. The predicted molar refractivity (Wildman–Crippen MR) is 51.4 cm³/mol. The molecule has 0 aliphatic heterocycles. The summed E-state index contributed by atoms with van der Waals surface area (Å²) in [6.45, 7) is -0.0354. The van der Waals surface area contributed by atoms with Gasteiger partial charge >= 0.3 is 0 Å². The lowest BCUT2D eigenvalue weighted by molar-refractivity contribution is -0.605. The van der Waals surface area contributed by atoms with Crippen LogP contribution in [-0.4, -0.2) is 17.8 Å². The molecule has 0 aliphatic rings. The normalized spacial score (nSPS) is 11.8. The van der Waals surface area contributed by atoms with E-state index in [9.17, 15) is 5.21 Å². The quantitative estimate of drug-likeness (QED) is 0.520. The molecule has 0 saturated heterocycles. The Kier molecular flexibility index (Phi) is 5.37. The molecule has 0 aromatic carbocycles. The number of aliphatic hydroxyl groups excluding tert-OH is 1. The van der Waals surface area contributed by atoms with Crippen molar-refractivity contribution in [1.29, 1.82) is 0 Å². The molecule has 0 fully saturated rings. The Morgan fingerprint density at radius 1 is 1.46 bits per heavy atom. The van der Waals surface area contributed by atoms with Gasteiger partial charge in [0, 0.05) is 18.2 Å². The van der Waals surface area contributed by atoms with Gasteiger partial charge in [-0.2, -0.15) is 4.73 Å². The molecule has 0 saturated carbocycles. The summed E-state index contributed by atoms with van der Waals surface area (Å²) in [4.78, 5) is 0. The van der Waals surface area contributed by atoms with Crippen LogP contribution in [0.1, 0.15) is 5.56 Å². The molecule has 0 unspecified atom stereocenters. The molecule has 3 N–H and O–H groups in total. The van der Waals surface area contributed by atoms with Gasteiger partial charge in [0.25, 0.3) is 0 Å². The van der Waals surface area contributed by atoms with E-state index in [4.69, 9.17) is 10.8 Å². The first kappa shape index (κ1) is 12.2. The zero-order chi connectivity index (χ0) is 8.97. The van der Waals surface area contributed by atoms with Crippen LogP contribution in [0.15, 0.2) is 24.5 Å². The lowest BCUT2D eigenvalue weighted by Crippen LogP contribution is -2.28. The molecule has 1 rings (SSSR count). The molecule has 0 spiro atoms. The van der Waals surface area contributed by atoms with Crippen LogP contribution in [-0.2, 0) is 6.42 Å². The molecule has 1 aromatic rings. The maximum absolute atomic E-state index is 10.6. The first-order valence-corrected chi connectivity index (χ1v) is 3.76. The Morgan fingerprint density at radius 3 is 2.46 bits per heavy atom. The van der Waals surface area contributed by atoms with Crippen molar-refractivity contribution in [3.8, 4) is 0 Å². The van der Waals surface area contributed by atoms with Gasteiger partial charge in [0.15, 0.2) is 12.4 Å². The van der Waals surface area contributed by atoms with Gasteiger partial charge in [-0.25, -0.2) is 0 Å². The number of aromatic nitrogens is 1. The Labute approximate surface area is 83.0 Å². The molecule has 0 radical (unpaired) electrons. The van der Waals surface area contributed by atoms with Crippen LogP contribution >= 0.6 is 12.4 Å². The number of nitrogens with zero attached hydrogens (tertiary/aromatic N) is 1. The van der Waals surface area contributed by atoms with Gasteiger partial charge < -0.3 is 16.0 Å². The predicted octanol–water partition coefficient (Wildman–Crippen LogP) is -0.396. The maximum atomic E-state index is 10.6. The summed E-state index contributed by atoms with van der Waals surface area (Å²) < 4.78 is 0.716. The zero-order valence-electron chi connectivity index (χ0n) is 7.09. The molecule has 74 valence electrons. The molecule has 1 atom stereocenters. The minimum absolute atomic E-state index is 0. The van der Waals surface area contributed by atoms with Crippen LogP contribution in [0.3, 0.4) is 0 Å². The van der Waals surface area contributed by atoms with Crippen LogP contribution in [0.4, 0.5) is 0 Å². The highest BCUT2D eigenvalue weighted by Crippen LogP contribution is 1.98. The van der Waals surface area contributed by atoms with Gasteiger partial charge in [-0.1, -0.05) is 0 Å². The van der Waals surface area contributed by atoms with Crippen LogP contribution in [0, 0.1) is 5.21 Å². The average Bonchev–Trinajstić information content (AvgIpc) is 2.09. The Balaban J connectivity index is 0.00000144. The Bertz CT molecular complexity index is 240. The van der Waals surface area contributed by atoms with Crippen LogP contribution in [0.25, 0.3) is 0 Å². The van der Waals surface area contributed by atoms with E-state index in [1.165, 1.54) is 12.4 Å². The lowest BCUT2D eigenvalue weighted by Gasteiger charge is -2.06. The minimum atomic E-state index is -0.243. The van der Waals surface area contributed by atoms with E-state index >= 15 is 0 Å². The number of aliphatic hydroxyl groups is 1. The summed E-state index contributed by atoms with van der Waals surface area (Å²) in [6, 6.07) is 3.15. The smallest absolute Gasteiger partial charge is 0.180 e. The van der Waals surface area contributed by atoms with Crippen molar-refractivity contribution in [1.82, 2.24) is 0 Å². The summed E-state index contributed by atoms with van der Waals surface area (Å²) in [6.07, 6.45) is 3.43. The monoisotopic (exact) mass is 204 g/mol. The first-order valence-electron chi connectivity index (χ1n) is 3.76. The first-order chi connectivity index (χ1) is 5.72. The minimum Gasteiger partial charge on any atom is -0.619 e. The van der Waals surface area contributed by atoms with E-state index < -0.39 is 0 Å². The summed E-state index contributed by atoms with van der Waals surface area (Å²) in [5, 5.41) is 19.3. The second-order valence-electron chi connectivity index (χ2n) is 2.71. The topological polar surface area (TPSA) is 73.2 Å². The Morgan fingerprint density at radius 2 is 2.00 bits per heavy atom. The fourth-order valence-corrected chi connectivity index (χ4v) is 0.947. The number of pyridine rings is 1. The molecule has 0 aliphatic carbocycles. The van der Waals surface area contributed by atoms with Gasteiger partial charge in [-0.3, -0.25) is 0 Å². The lowest BCUT2D eigenvalue weighted by atomic mass is 10.1. The van der Waals surface area contributed by atoms with Gasteiger partial charge in [0.2, 0.25) is 0 Å². The fraction of sp³-hybridized carbons (Fsp3) is 0.375. The molecular weight excluding hydrogens is 192 g/mol. The van der Waals surface area contributed by atoms with E-state index in [-0.39, 0.29) is 25.1 Å². The van der Waals surface area contributed by atoms with E-state index in [2.05, 4.69) is 0 Å². The molecule has 4 nitrogen and oxygen atoms in total. The van der Waals surface area contributed by atoms with E-state index in [1.54, 1.807) is 12.1 Å². The summed E-state index contributed by atoms with van der Waals surface area (Å²) in [5.41, 5.74) is 6.47. The summed E-state index contributed by atoms with van der Waals surface area (Å²) in [5.74, 6) is 0. The van der Waals surface area contributed by atoms with Crippen molar-refractivity contribution in [3.63, 3.8) is 0 Å². The highest BCUT2D eigenvalue weighted by Gasteiger charge is 2.02. The van der Waals surface area contributed by atoms with Crippen molar-refractivity contribution in [3.05, 3.63) is 35.3 Å². The number of halogens is 1. The van der Waals surface area contributed by atoms with Crippen LogP contribution in [0.2, 0.25) is 0 Å². The highest BCUT2D eigenvalue weighted by atomic mass is 35.5. The molecule has 1 heterocycles. The van der Waals surface area contributed by atoms with E-state index in [1.807, 2.05) is 0 Å². The molecule has 1 aromatic heterocycles. The second kappa shape index (κ2) is 5.75. The third kappa shape index (κ3) is 4.07. The van der Waals surface area contributed by atoms with Gasteiger partial charge in [0.1, 0.15) is 0 Å². The Hall–Kier alpha value is -0.840.